The SMILES string of the molecule is CC(C)[C@@H](C)/C=C/[C@@H](C)[C@H]1CC[C@H]2[C@]3(O)C=CC4=CC(=O)CC[C@]4(C)[C@H]3CC[C@]12C. The van der Waals surface area contributed by atoms with Crippen LogP contribution in [0.1, 0.15) is 80.1 Å². The fraction of sp³-hybridized carbons (Fsp3) is 0.750. The van der Waals surface area contributed by atoms with Crippen LogP contribution in [0.25, 0.3) is 0 Å². The Hall–Kier alpha value is -1.15. The van der Waals surface area contributed by atoms with Crippen molar-refractivity contribution in [1.29, 1.82) is 0 Å². The number of fused-ring (bicyclic) bond motifs is 5. The highest BCUT2D eigenvalue weighted by Crippen LogP contribution is 2.67. The first-order valence-electron chi connectivity index (χ1n) is 12.4. The van der Waals surface area contributed by atoms with Crippen molar-refractivity contribution in [3.05, 3.63) is 36.0 Å². The molecule has 166 valence electrons. The van der Waals surface area contributed by atoms with E-state index in [9.17, 15) is 9.90 Å². The smallest absolute Gasteiger partial charge is 0.156 e. The molecule has 2 heteroatoms. The van der Waals surface area contributed by atoms with Crippen LogP contribution in [-0.4, -0.2) is 16.5 Å². The van der Waals surface area contributed by atoms with Crippen LogP contribution in [0.3, 0.4) is 0 Å². The third-order valence-corrected chi connectivity index (χ3v) is 10.1. The Kier molecular flexibility index (Phi) is 5.49. The molecular weight excluding hydrogens is 368 g/mol. The van der Waals surface area contributed by atoms with E-state index in [-0.39, 0.29) is 22.5 Å². The van der Waals surface area contributed by atoms with Gasteiger partial charge in [-0.05, 0) is 84.2 Å². The van der Waals surface area contributed by atoms with Gasteiger partial charge in [-0.15, -0.1) is 0 Å². The maximum absolute atomic E-state index is 12.2. The Balaban J connectivity index is 1.62. The summed E-state index contributed by atoms with van der Waals surface area (Å²) in [7, 11) is 0. The van der Waals surface area contributed by atoms with Gasteiger partial charge in [-0.3, -0.25) is 4.79 Å². The minimum Gasteiger partial charge on any atom is -0.385 e. The lowest BCUT2D eigenvalue weighted by Gasteiger charge is -2.60. The lowest BCUT2D eigenvalue weighted by molar-refractivity contribution is -0.149. The van der Waals surface area contributed by atoms with E-state index in [4.69, 9.17) is 0 Å². The Labute approximate surface area is 183 Å². The van der Waals surface area contributed by atoms with Crippen molar-refractivity contribution in [2.45, 2.75) is 85.7 Å². The van der Waals surface area contributed by atoms with Crippen LogP contribution in [0.4, 0.5) is 0 Å². The second-order valence-corrected chi connectivity index (χ2v) is 11.9. The number of aliphatic hydroxyl groups is 1. The third kappa shape index (κ3) is 3.20. The zero-order valence-electron chi connectivity index (χ0n) is 19.9. The molecule has 0 aliphatic heterocycles. The average molecular weight is 411 g/mol. The van der Waals surface area contributed by atoms with Gasteiger partial charge in [0.05, 0.1) is 5.60 Å². The van der Waals surface area contributed by atoms with E-state index in [0.29, 0.717) is 36.0 Å². The molecule has 0 heterocycles. The van der Waals surface area contributed by atoms with Gasteiger partial charge >= 0.3 is 0 Å². The van der Waals surface area contributed by atoms with Gasteiger partial charge in [0.15, 0.2) is 5.78 Å². The van der Waals surface area contributed by atoms with Gasteiger partial charge in [-0.25, -0.2) is 0 Å². The van der Waals surface area contributed by atoms with Crippen molar-refractivity contribution >= 4 is 5.78 Å². The summed E-state index contributed by atoms with van der Waals surface area (Å²) in [6.45, 7) is 14.1. The summed E-state index contributed by atoms with van der Waals surface area (Å²) in [5, 5.41) is 12.2. The largest absolute Gasteiger partial charge is 0.385 e. The minimum absolute atomic E-state index is 0.0605. The van der Waals surface area contributed by atoms with Crippen LogP contribution in [0.2, 0.25) is 0 Å². The quantitative estimate of drug-likeness (QED) is 0.536. The molecule has 2 fully saturated rings. The molecule has 0 bridgehead atoms. The van der Waals surface area contributed by atoms with Crippen molar-refractivity contribution < 1.29 is 9.90 Å². The normalized spacial score (nSPS) is 45.1. The lowest BCUT2D eigenvalue weighted by atomic mass is 9.46. The van der Waals surface area contributed by atoms with Crippen LogP contribution in [0, 0.1) is 46.3 Å². The Morgan fingerprint density at radius 3 is 2.47 bits per heavy atom. The molecule has 0 spiro atoms. The zero-order chi connectivity index (χ0) is 21.9. The first-order chi connectivity index (χ1) is 14.0. The van der Waals surface area contributed by atoms with E-state index >= 15 is 0 Å². The van der Waals surface area contributed by atoms with Crippen LogP contribution in [0.5, 0.6) is 0 Å². The van der Waals surface area contributed by atoms with E-state index in [2.05, 4.69) is 65.8 Å². The number of hydrogen-bond donors (Lipinski definition) is 1. The average Bonchev–Trinajstić information content (AvgIpc) is 3.05. The van der Waals surface area contributed by atoms with E-state index < -0.39 is 5.60 Å². The molecule has 0 aromatic heterocycles. The first kappa shape index (κ1) is 22.1. The second kappa shape index (κ2) is 7.47. The standard InChI is InChI=1S/C28H42O2/c1-18(2)19(3)7-8-20(4)23-9-10-24-27(23,6)15-13-25-26(5)14-12-22(29)17-21(26)11-16-28(24,25)30/h7-8,11,16-20,23-25,30H,9-10,12-15H2,1-6H3/b8-7+/t19-,20+,23+,24+,25+,26-,27+,28+/m0/s1. The van der Waals surface area contributed by atoms with Crippen LogP contribution in [0.15, 0.2) is 36.0 Å². The van der Waals surface area contributed by atoms with E-state index in [1.54, 1.807) is 0 Å². The number of carbonyl (C=O) groups excluding carboxylic acids is 1. The highest BCUT2D eigenvalue weighted by Gasteiger charge is 2.64. The molecule has 4 aliphatic rings. The second-order valence-electron chi connectivity index (χ2n) is 11.9. The van der Waals surface area contributed by atoms with Gasteiger partial charge in [0.25, 0.3) is 0 Å². The highest BCUT2D eigenvalue weighted by atomic mass is 16.3. The van der Waals surface area contributed by atoms with Crippen molar-refractivity contribution in [2.75, 3.05) is 0 Å². The molecule has 0 saturated heterocycles. The van der Waals surface area contributed by atoms with Crippen molar-refractivity contribution in [2.24, 2.45) is 46.3 Å². The van der Waals surface area contributed by atoms with Gasteiger partial charge in [0.1, 0.15) is 0 Å². The molecule has 0 unspecified atom stereocenters. The molecule has 2 nitrogen and oxygen atoms in total. The van der Waals surface area contributed by atoms with Crippen LogP contribution < -0.4 is 0 Å². The van der Waals surface area contributed by atoms with E-state index in [0.717, 1.165) is 24.8 Å². The minimum atomic E-state index is -0.733. The summed E-state index contributed by atoms with van der Waals surface area (Å²) in [5.74, 6) is 3.27. The maximum Gasteiger partial charge on any atom is 0.156 e. The zero-order valence-corrected chi connectivity index (χ0v) is 19.9. The van der Waals surface area contributed by atoms with E-state index in [1.165, 1.54) is 12.8 Å². The molecule has 4 rings (SSSR count). The molecule has 8 atom stereocenters. The van der Waals surface area contributed by atoms with Gasteiger partial charge in [0, 0.05) is 12.3 Å². The molecule has 2 saturated carbocycles. The monoisotopic (exact) mass is 410 g/mol. The lowest BCUT2D eigenvalue weighted by Crippen LogP contribution is -2.60. The van der Waals surface area contributed by atoms with Crippen LogP contribution in [-0.2, 0) is 4.79 Å². The third-order valence-electron chi connectivity index (χ3n) is 10.1. The molecule has 0 amide bonds. The maximum atomic E-state index is 12.2. The molecule has 4 aliphatic carbocycles. The van der Waals surface area contributed by atoms with Crippen molar-refractivity contribution in [3.63, 3.8) is 0 Å². The Morgan fingerprint density at radius 2 is 1.77 bits per heavy atom. The van der Waals surface area contributed by atoms with Gasteiger partial charge in [-0.2, -0.15) is 0 Å². The summed E-state index contributed by atoms with van der Waals surface area (Å²) >= 11 is 0. The van der Waals surface area contributed by atoms with Crippen molar-refractivity contribution in [3.8, 4) is 0 Å². The fourth-order valence-electron chi connectivity index (χ4n) is 7.72. The van der Waals surface area contributed by atoms with Gasteiger partial charge < -0.3 is 5.11 Å². The van der Waals surface area contributed by atoms with Gasteiger partial charge in [0.2, 0.25) is 0 Å². The highest BCUT2D eigenvalue weighted by molar-refractivity contribution is 5.92. The molecule has 30 heavy (non-hydrogen) atoms. The summed E-state index contributed by atoms with van der Waals surface area (Å²) in [5.41, 5.74) is 0.547. The molecule has 1 N–H and O–H groups in total. The predicted octanol–water partition coefficient (Wildman–Crippen LogP) is 6.51. The Morgan fingerprint density at radius 1 is 1.03 bits per heavy atom. The number of ketones is 1. The molecule has 0 aromatic carbocycles. The Bertz CT molecular complexity index is 788. The fourth-order valence-corrected chi connectivity index (χ4v) is 7.72. The summed E-state index contributed by atoms with van der Waals surface area (Å²) in [4.78, 5) is 12.0. The number of allylic oxidation sites excluding steroid dienone is 5. The number of carbonyl (C=O) groups is 1. The molecule has 0 aromatic rings. The summed E-state index contributed by atoms with van der Waals surface area (Å²) < 4.78 is 0. The number of hydrogen-bond acceptors (Lipinski definition) is 2. The van der Waals surface area contributed by atoms with E-state index in [1.807, 2.05) is 6.08 Å². The summed E-state index contributed by atoms with van der Waals surface area (Å²) in [6.07, 6.45) is 17.0. The predicted molar refractivity (Wildman–Crippen MR) is 124 cm³/mol. The topological polar surface area (TPSA) is 37.3 Å². The van der Waals surface area contributed by atoms with Crippen LogP contribution >= 0.6 is 0 Å². The van der Waals surface area contributed by atoms with Gasteiger partial charge in [-0.1, -0.05) is 65.8 Å². The number of rotatable bonds is 4. The molecular formula is C28H42O2. The van der Waals surface area contributed by atoms with Crippen molar-refractivity contribution in [1.82, 2.24) is 0 Å². The first-order valence-corrected chi connectivity index (χ1v) is 12.4. The molecule has 0 radical (unpaired) electrons. The summed E-state index contributed by atoms with van der Waals surface area (Å²) in [6, 6.07) is 0.